The van der Waals surface area contributed by atoms with Crippen LogP contribution in [0.5, 0.6) is 0 Å². The summed E-state index contributed by atoms with van der Waals surface area (Å²) in [5.74, 6) is -2.47. The van der Waals surface area contributed by atoms with Crippen LogP contribution in [0.15, 0.2) is 63.5 Å². The molecule has 3 rings (SSSR count). The van der Waals surface area contributed by atoms with Crippen LogP contribution in [0.25, 0.3) is 0 Å². The Morgan fingerprint density at radius 3 is 2.36 bits per heavy atom. The van der Waals surface area contributed by atoms with Crippen molar-refractivity contribution < 1.29 is 26.4 Å². The number of hydrogen-bond acceptors (Lipinski definition) is 8. The van der Waals surface area contributed by atoms with E-state index in [1.807, 2.05) is 54.0 Å². The van der Waals surface area contributed by atoms with Gasteiger partial charge in [0.2, 0.25) is 5.91 Å². The third-order valence-electron chi connectivity index (χ3n) is 6.65. The van der Waals surface area contributed by atoms with E-state index in [0.29, 0.717) is 11.4 Å². The van der Waals surface area contributed by atoms with Crippen LogP contribution in [0.1, 0.15) is 32.1 Å². The highest BCUT2D eigenvalue weighted by atomic mass is 32.2. The maximum atomic E-state index is 12.9. The van der Waals surface area contributed by atoms with Gasteiger partial charge in [0.15, 0.2) is 0 Å². The lowest BCUT2D eigenvalue weighted by Gasteiger charge is -2.29. The summed E-state index contributed by atoms with van der Waals surface area (Å²) in [4.78, 5) is 27.0. The molecule has 0 spiro atoms. The topological polar surface area (TPSA) is 108 Å². The molecule has 8 nitrogen and oxygen atoms in total. The Bertz CT molecular complexity index is 1220. The molecule has 1 atom stereocenters. The van der Waals surface area contributed by atoms with Gasteiger partial charge in [0.1, 0.15) is 5.69 Å². The molecule has 2 N–H and O–H groups in total. The predicted molar refractivity (Wildman–Crippen MR) is 146 cm³/mol. The highest BCUT2D eigenvalue weighted by molar-refractivity contribution is 7.99. The van der Waals surface area contributed by atoms with Crippen molar-refractivity contribution in [2.75, 3.05) is 31.7 Å². The molecule has 13 heteroatoms. The number of hydrogen-bond donors (Lipinski definition) is 2. The lowest BCUT2D eigenvalue weighted by molar-refractivity contribution is -0.184. The van der Waals surface area contributed by atoms with Gasteiger partial charge in [-0.3, -0.25) is 4.79 Å². The van der Waals surface area contributed by atoms with Crippen LogP contribution in [0.2, 0.25) is 0 Å². The number of carbonyl (C=O) groups is 1. The quantitative estimate of drug-likeness (QED) is 0.240. The molecule has 0 bridgehead atoms. The van der Waals surface area contributed by atoms with Crippen LogP contribution in [-0.4, -0.2) is 57.8 Å². The minimum Gasteiger partial charge on any atom is -0.380 e. The molecule has 1 saturated carbocycles. The second-order valence-corrected chi connectivity index (χ2v) is 12.7. The summed E-state index contributed by atoms with van der Waals surface area (Å²) in [6.45, 7) is 0.778. The van der Waals surface area contributed by atoms with Crippen LogP contribution < -0.4 is 10.0 Å². The minimum atomic E-state index is -4.36. The van der Waals surface area contributed by atoms with Crippen LogP contribution in [-0.2, 0) is 14.8 Å². The van der Waals surface area contributed by atoms with E-state index in [2.05, 4.69) is 10.5 Å². The normalized spacial score (nSPS) is 18.9. The van der Waals surface area contributed by atoms with Gasteiger partial charge in [0.25, 0.3) is 10.0 Å². The Labute approximate surface area is 231 Å². The number of rotatable bonds is 12. The molecule has 2 aromatic rings. The molecule has 0 aliphatic heterocycles. The van der Waals surface area contributed by atoms with E-state index in [1.54, 1.807) is 11.8 Å². The zero-order valence-corrected chi connectivity index (χ0v) is 23.4. The second kappa shape index (κ2) is 13.6. The Balaban J connectivity index is 1.68. The summed E-state index contributed by atoms with van der Waals surface area (Å²) in [5, 5.41) is 6.29. The van der Waals surface area contributed by atoms with Gasteiger partial charge >= 0.3 is 6.18 Å². The number of anilines is 1. The number of benzene rings is 2. The first-order chi connectivity index (χ1) is 18.4. The van der Waals surface area contributed by atoms with Gasteiger partial charge in [-0.15, -0.1) is 16.7 Å². The Morgan fingerprint density at radius 2 is 1.77 bits per heavy atom. The standard InChI is InChI=1S/C26H33F3N4O4S2/c1-33(2)15-14-20(17-38-21-6-4-3-5-7-21)30-23-13-12-22(16-24(23)31-35)39(36,37)32-25(34)18-8-10-19(11-9-18)26(27,28)29/h3-7,12-13,16,18-20,30H,8-11,14-15,17H2,1-2H3,(H,32,34)/t18?,19?,20-/m1/s1. The molecule has 214 valence electrons. The van der Waals surface area contributed by atoms with Crippen LogP contribution in [0, 0.1) is 16.7 Å². The van der Waals surface area contributed by atoms with Gasteiger partial charge in [-0.2, -0.15) is 13.2 Å². The van der Waals surface area contributed by atoms with E-state index in [9.17, 15) is 31.3 Å². The molecule has 1 amide bonds. The Morgan fingerprint density at radius 1 is 1.10 bits per heavy atom. The summed E-state index contributed by atoms with van der Waals surface area (Å²) in [6.07, 6.45) is -4.13. The molecule has 1 aliphatic rings. The zero-order chi connectivity index (χ0) is 28.6. The first-order valence-corrected chi connectivity index (χ1v) is 15.1. The smallest absolute Gasteiger partial charge is 0.380 e. The third kappa shape index (κ3) is 9.21. The monoisotopic (exact) mass is 586 g/mol. The van der Waals surface area contributed by atoms with Crippen molar-refractivity contribution in [3.8, 4) is 0 Å². The maximum Gasteiger partial charge on any atom is 0.391 e. The van der Waals surface area contributed by atoms with E-state index in [0.717, 1.165) is 23.9 Å². The van der Waals surface area contributed by atoms with Gasteiger partial charge in [0.05, 0.1) is 16.5 Å². The van der Waals surface area contributed by atoms with E-state index in [4.69, 9.17) is 0 Å². The summed E-state index contributed by atoms with van der Waals surface area (Å²) < 4.78 is 66.4. The van der Waals surface area contributed by atoms with Gasteiger partial charge in [0, 0.05) is 22.6 Å². The van der Waals surface area contributed by atoms with Crippen LogP contribution >= 0.6 is 11.8 Å². The fourth-order valence-corrected chi connectivity index (χ4v) is 6.44. The van der Waals surface area contributed by atoms with Crippen molar-refractivity contribution in [1.82, 2.24) is 9.62 Å². The molecule has 0 aromatic heterocycles. The molecule has 0 unspecified atom stereocenters. The maximum absolute atomic E-state index is 12.9. The largest absolute Gasteiger partial charge is 0.391 e. The summed E-state index contributed by atoms with van der Waals surface area (Å²) in [5.41, 5.74) is 0.230. The molecule has 0 heterocycles. The average Bonchev–Trinajstić information content (AvgIpc) is 2.90. The predicted octanol–water partition coefficient (Wildman–Crippen LogP) is 5.78. The first kappa shape index (κ1) is 30.9. The molecule has 0 radical (unpaired) electrons. The van der Waals surface area contributed by atoms with Crippen LogP contribution in [0.3, 0.4) is 0 Å². The van der Waals surface area contributed by atoms with Gasteiger partial charge in [-0.1, -0.05) is 18.2 Å². The molecule has 0 saturated heterocycles. The van der Waals surface area contributed by atoms with E-state index < -0.39 is 33.9 Å². The van der Waals surface area contributed by atoms with Crippen molar-refractivity contribution in [3.63, 3.8) is 0 Å². The number of sulfonamides is 1. The van der Waals surface area contributed by atoms with Gasteiger partial charge in [-0.05, 0) is 88.3 Å². The van der Waals surface area contributed by atoms with E-state index in [1.165, 1.54) is 12.1 Å². The number of nitrogens with one attached hydrogen (secondary N) is 2. The molecular formula is C26H33F3N4O4S2. The first-order valence-electron chi connectivity index (χ1n) is 12.6. The number of alkyl halides is 3. The molecule has 1 fully saturated rings. The highest BCUT2D eigenvalue weighted by Gasteiger charge is 2.42. The number of amides is 1. The molecule has 39 heavy (non-hydrogen) atoms. The fourth-order valence-electron chi connectivity index (χ4n) is 4.38. The second-order valence-electron chi connectivity index (χ2n) is 9.89. The highest BCUT2D eigenvalue weighted by Crippen LogP contribution is 2.39. The zero-order valence-electron chi connectivity index (χ0n) is 21.8. The van der Waals surface area contributed by atoms with Gasteiger partial charge in [-0.25, -0.2) is 13.1 Å². The van der Waals surface area contributed by atoms with Crippen LogP contribution in [0.4, 0.5) is 24.5 Å². The van der Waals surface area contributed by atoms with Crippen molar-refractivity contribution in [2.45, 2.75) is 54.1 Å². The van der Waals surface area contributed by atoms with Crippen molar-refractivity contribution in [2.24, 2.45) is 17.0 Å². The summed E-state index contributed by atoms with van der Waals surface area (Å²) in [6, 6.07) is 13.6. The number of thioether (sulfide) groups is 1. The van der Waals surface area contributed by atoms with Gasteiger partial charge < -0.3 is 10.2 Å². The van der Waals surface area contributed by atoms with Crippen molar-refractivity contribution >= 4 is 39.1 Å². The van der Waals surface area contributed by atoms with Crippen molar-refractivity contribution in [1.29, 1.82) is 0 Å². The third-order valence-corrected chi connectivity index (χ3v) is 9.17. The van der Waals surface area contributed by atoms with E-state index >= 15 is 0 Å². The number of carbonyl (C=O) groups excluding carboxylic acids is 1. The molecule has 1 aliphatic carbocycles. The molecule has 2 aromatic carbocycles. The van der Waals surface area contributed by atoms with Crippen molar-refractivity contribution in [3.05, 3.63) is 53.4 Å². The Hall–Kier alpha value is -2.64. The lowest BCUT2D eigenvalue weighted by Crippen LogP contribution is -2.38. The SMILES string of the molecule is CN(C)CC[C@H](CSc1ccccc1)Nc1ccc(S(=O)(=O)NC(=O)C2CCC(C(F)(F)F)CC2)cc1N=O. The van der Waals surface area contributed by atoms with E-state index in [-0.39, 0.29) is 42.3 Å². The summed E-state index contributed by atoms with van der Waals surface area (Å²) >= 11 is 1.65. The average molecular weight is 587 g/mol. The summed E-state index contributed by atoms with van der Waals surface area (Å²) in [7, 11) is -0.447. The fraction of sp³-hybridized carbons (Fsp3) is 0.500. The number of nitroso groups, excluding NO2 is 1. The minimum absolute atomic E-state index is 0.0507. The molecular weight excluding hydrogens is 553 g/mol. The number of halogens is 3. The Kier molecular flexibility index (Phi) is 10.8. The number of nitrogens with zero attached hydrogens (tertiary/aromatic N) is 2. The lowest BCUT2D eigenvalue weighted by atomic mass is 9.81.